The lowest BCUT2D eigenvalue weighted by atomic mass is 9.72. The molecule has 1 aliphatic rings. The number of hydrogen-bond acceptors (Lipinski definition) is 4. The topological polar surface area (TPSA) is 45.2 Å². The Kier molecular flexibility index (Phi) is 3.84. The molecule has 0 saturated heterocycles. The first-order valence-corrected chi connectivity index (χ1v) is 8.43. The first kappa shape index (κ1) is 14.7. The van der Waals surface area contributed by atoms with Crippen LogP contribution in [-0.2, 0) is 5.54 Å². The van der Waals surface area contributed by atoms with Crippen molar-refractivity contribution in [2.75, 3.05) is 5.32 Å². The molecule has 21 heavy (non-hydrogen) atoms. The highest BCUT2D eigenvalue weighted by Gasteiger charge is 2.39. The van der Waals surface area contributed by atoms with Crippen molar-refractivity contribution in [3.63, 3.8) is 0 Å². The van der Waals surface area contributed by atoms with Gasteiger partial charge < -0.3 is 10.4 Å². The predicted octanol–water partition coefficient (Wildman–Crippen LogP) is 5.12. The minimum absolute atomic E-state index is 0.0663. The summed E-state index contributed by atoms with van der Waals surface area (Å²) in [5.41, 5.74) is 1.17. The van der Waals surface area contributed by atoms with E-state index < -0.39 is 0 Å². The fraction of sp³-hybridized carbons (Fsp3) is 0.438. The molecule has 0 atom stereocenters. The Balaban J connectivity index is 1.87. The smallest absolute Gasteiger partial charge is 0.227 e. The lowest BCUT2D eigenvalue weighted by Gasteiger charge is -2.43. The maximum atomic E-state index is 9.94. The van der Waals surface area contributed by atoms with Crippen LogP contribution in [0.3, 0.4) is 0 Å². The molecule has 1 aliphatic carbocycles. The minimum Gasteiger partial charge on any atom is -0.492 e. The van der Waals surface area contributed by atoms with Crippen LogP contribution in [0, 0.1) is 0 Å². The quantitative estimate of drug-likeness (QED) is 0.821. The molecule has 0 radical (unpaired) electrons. The number of hydrogen-bond donors (Lipinski definition) is 2. The normalized spacial score (nSPS) is 16.8. The number of rotatable bonds is 4. The Morgan fingerprint density at radius 2 is 1.95 bits per heavy atom. The summed E-state index contributed by atoms with van der Waals surface area (Å²) in [5.74, 6) is 0.439. The Morgan fingerprint density at radius 1 is 1.29 bits per heavy atom. The van der Waals surface area contributed by atoms with Gasteiger partial charge in [-0.05, 0) is 42.9 Å². The minimum atomic E-state index is -0.0663. The van der Waals surface area contributed by atoms with Gasteiger partial charge in [0.2, 0.25) is 5.88 Å². The zero-order valence-corrected chi connectivity index (χ0v) is 13.8. The molecular weight excluding hydrogens is 304 g/mol. The van der Waals surface area contributed by atoms with E-state index in [-0.39, 0.29) is 17.3 Å². The van der Waals surface area contributed by atoms with Gasteiger partial charge in [0.25, 0.3) is 0 Å². The lowest BCUT2D eigenvalue weighted by molar-refractivity contribution is 0.284. The molecular formula is C16H19ClN2OS. The van der Waals surface area contributed by atoms with E-state index in [9.17, 15) is 5.11 Å². The van der Waals surface area contributed by atoms with E-state index in [0.717, 1.165) is 27.9 Å². The van der Waals surface area contributed by atoms with Gasteiger partial charge in [-0.1, -0.05) is 48.9 Å². The molecule has 1 fully saturated rings. The van der Waals surface area contributed by atoms with Crippen LogP contribution in [0.1, 0.15) is 49.5 Å². The third kappa shape index (κ3) is 2.74. The Hall–Kier alpha value is -1.26. The highest BCUT2D eigenvalue weighted by Crippen LogP contribution is 2.46. The number of halogens is 1. The summed E-state index contributed by atoms with van der Waals surface area (Å²) in [4.78, 5) is 5.21. The molecule has 0 unspecified atom stereocenters. The van der Waals surface area contributed by atoms with Crippen LogP contribution in [-0.4, -0.2) is 10.1 Å². The van der Waals surface area contributed by atoms with E-state index in [1.54, 1.807) is 11.3 Å². The van der Waals surface area contributed by atoms with E-state index in [2.05, 4.69) is 36.3 Å². The van der Waals surface area contributed by atoms with E-state index in [1.807, 2.05) is 12.1 Å². The Bertz CT molecular complexity index is 632. The lowest BCUT2D eigenvalue weighted by Crippen LogP contribution is -2.41. The third-order valence-electron chi connectivity index (χ3n) is 4.11. The van der Waals surface area contributed by atoms with Gasteiger partial charge in [-0.2, -0.15) is 4.98 Å². The van der Waals surface area contributed by atoms with Crippen molar-refractivity contribution >= 4 is 28.1 Å². The average molecular weight is 323 g/mol. The molecule has 3 rings (SSSR count). The fourth-order valence-corrected chi connectivity index (χ4v) is 3.83. The third-order valence-corrected chi connectivity index (χ3v) is 5.62. The van der Waals surface area contributed by atoms with Gasteiger partial charge in [-0.15, -0.1) is 0 Å². The first-order valence-electron chi connectivity index (χ1n) is 7.24. The molecule has 112 valence electrons. The molecule has 0 amide bonds. The van der Waals surface area contributed by atoms with Crippen molar-refractivity contribution < 1.29 is 5.11 Å². The summed E-state index contributed by atoms with van der Waals surface area (Å²) in [6.45, 7) is 4.13. The van der Waals surface area contributed by atoms with Crippen LogP contribution in [0.15, 0.2) is 24.3 Å². The maximum absolute atomic E-state index is 9.94. The number of thiazole rings is 1. The summed E-state index contributed by atoms with van der Waals surface area (Å²) in [6, 6.07) is 8.01. The van der Waals surface area contributed by atoms with E-state index >= 15 is 0 Å². The molecule has 1 heterocycles. The summed E-state index contributed by atoms with van der Waals surface area (Å²) in [7, 11) is 0. The number of anilines is 1. The van der Waals surface area contributed by atoms with Crippen LogP contribution in [0.2, 0.25) is 5.02 Å². The van der Waals surface area contributed by atoms with Crippen LogP contribution in [0.4, 0.5) is 5.13 Å². The summed E-state index contributed by atoms with van der Waals surface area (Å²) in [6.07, 6.45) is 3.35. The Morgan fingerprint density at radius 3 is 2.43 bits per heavy atom. The van der Waals surface area contributed by atoms with Gasteiger partial charge in [0.05, 0.1) is 10.4 Å². The van der Waals surface area contributed by atoms with Gasteiger partial charge >= 0.3 is 0 Å². The molecule has 2 aromatic rings. The SMILES string of the molecule is CC(C)c1sc(NC2(c3ccc(Cl)cc3)CCC2)nc1O. The molecule has 1 aromatic heterocycles. The molecule has 0 spiro atoms. The number of nitrogens with zero attached hydrogens (tertiary/aromatic N) is 1. The number of aromatic hydroxyl groups is 1. The van der Waals surface area contributed by atoms with Crippen LogP contribution in [0.25, 0.3) is 0 Å². The van der Waals surface area contributed by atoms with E-state index in [0.29, 0.717) is 0 Å². The van der Waals surface area contributed by atoms with Crippen LogP contribution in [0.5, 0.6) is 5.88 Å². The second kappa shape index (κ2) is 5.50. The number of benzene rings is 1. The van der Waals surface area contributed by atoms with Gasteiger partial charge in [0.1, 0.15) is 0 Å². The summed E-state index contributed by atoms with van der Waals surface area (Å²) >= 11 is 7.52. The molecule has 1 aromatic carbocycles. The molecule has 5 heteroatoms. The van der Waals surface area contributed by atoms with Crippen molar-refractivity contribution in [3.05, 3.63) is 39.7 Å². The van der Waals surface area contributed by atoms with E-state index in [1.165, 1.54) is 12.0 Å². The molecule has 0 bridgehead atoms. The van der Waals surface area contributed by atoms with Crippen LogP contribution >= 0.6 is 22.9 Å². The van der Waals surface area contributed by atoms with Gasteiger partial charge in [0, 0.05) is 5.02 Å². The highest BCUT2D eigenvalue weighted by atomic mass is 35.5. The fourth-order valence-electron chi connectivity index (χ4n) is 2.74. The molecule has 0 aliphatic heterocycles. The second-order valence-corrected chi connectivity index (χ2v) is 7.40. The Labute approximate surface area is 134 Å². The number of nitrogens with one attached hydrogen (secondary N) is 1. The second-order valence-electron chi connectivity index (χ2n) is 5.93. The van der Waals surface area contributed by atoms with Crippen molar-refractivity contribution in [1.29, 1.82) is 0 Å². The molecule has 3 nitrogen and oxygen atoms in total. The summed E-state index contributed by atoms with van der Waals surface area (Å²) < 4.78 is 0. The van der Waals surface area contributed by atoms with Gasteiger partial charge in [0.15, 0.2) is 5.13 Å². The zero-order chi connectivity index (χ0) is 15.0. The predicted molar refractivity (Wildman–Crippen MR) is 88.5 cm³/mol. The average Bonchev–Trinajstić information content (AvgIpc) is 2.76. The largest absolute Gasteiger partial charge is 0.492 e. The zero-order valence-electron chi connectivity index (χ0n) is 12.2. The molecule has 1 saturated carbocycles. The molecule has 2 N–H and O–H groups in total. The van der Waals surface area contributed by atoms with Crippen molar-refractivity contribution in [1.82, 2.24) is 4.98 Å². The van der Waals surface area contributed by atoms with Crippen LogP contribution < -0.4 is 5.32 Å². The summed E-state index contributed by atoms with van der Waals surface area (Å²) in [5, 5.41) is 15.0. The van der Waals surface area contributed by atoms with Gasteiger partial charge in [-0.3, -0.25) is 0 Å². The maximum Gasteiger partial charge on any atom is 0.227 e. The standard InChI is InChI=1S/C16H19ClN2OS/c1-10(2)13-14(20)18-15(21-13)19-16(8-3-9-16)11-4-6-12(17)7-5-11/h4-7,10,20H,3,8-9H2,1-2H3,(H,18,19). The van der Waals surface area contributed by atoms with Gasteiger partial charge in [-0.25, -0.2) is 0 Å². The highest BCUT2D eigenvalue weighted by molar-refractivity contribution is 7.16. The van der Waals surface area contributed by atoms with Crippen molar-refractivity contribution in [2.45, 2.75) is 44.6 Å². The number of aromatic nitrogens is 1. The van der Waals surface area contributed by atoms with E-state index in [4.69, 9.17) is 11.6 Å². The van der Waals surface area contributed by atoms with Crippen molar-refractivity contribution in [2.24, 2.45) is 0 Å². The first-order chi connectivity index (χ1) is 10.00. The van der Waals surface area contributed by atoms with Crippen molar-refractivity contribution in [3.8, 4) is 5.88 Å². The monoisotopic (exact) mass is 322 g/mol.